The molecule has 1 heterocycles. The van der Waals surface area contributed by atoms with Crippen molar-refractivity contribution in [1.29, 1.82) is 0 Å². The summed E-state index contributed by atoms with van der Waals surface area (Å²) in [5, 5.41) is 1.41. The molecule has 0 fully saturated rings. The molecule has 0 amide bonds. The van der Waals surface area contributed by atoms with Gasteiger partial charge in [0.1, 0.15) is 12.2 Å². The first-order valence-electron chi connectivity index (χ1n) is 7.20. The predicted molar refractivity (Wildman–Crippen MR) is 83.1 cm³/mol. The normalized spacial score (nSPS) is 18.1. The lowest BCUT2D eigenvalue weighted by molar-refractivity contribution is -0.139. The van der Waals surface area contributed by atoms with Crippen LogP contribution in [0.5, 0.6) is 0 Å². The lowest BCUT2D eigenvalue weighted by Gasteiger charge is -2.33. The molecule has 0 spiro atoms. The molecule has 1 aliphatic heterocycles. The van der Waals surface area contributed by atoms with Crippen molar-refractivity contribution in [1.82, 2.24) is 5.01 Å². The van der Waals surface area contributed by atoms with Crippen molar-refractivity contribution in [2.75, 3.05) is 6.61 Å². The fourth-order valence-corrected chi connectivity index (χ4v) is 2.50. The van der Waals surface area contributed by atoms with Crippen LogP contribution in [0.1, 0.15) is 26.3 Å². The smallest absolute Gasteiger partial charge is 0.338 e. The van der Waals surface area contributed by atoms with Crippen LogP contribution in [-0.4, -0.2) is 30.0 Å². The Balaban J connectivity index is 2.58. The molecular formula is C16H20FN3O2. The van der Waals surface area contributed by atoms with Crippen LogP contribution < -0.4 is 5.84 Å². The van der Waals surface area contributed by atoms with Crippen LogP contribution in [0, 0.1) is 11.7 Å². The summed E-state index contributed by atoms with van der Waals surface area (Å²) in [7, 11) is 0. The van der Waals surface area contributed by atoms with Crippen LogP contribution in [0.3, 0.4) is 0 Å². The predicted octanol–water partition coefficient (Wildman–Crippen LogP) is 2.34. The zero-order valence-corrected chi connectivity index (χ0v) is 12.9. The maximum absolute atomic E-state index is 13.1. The van der Waals surface area contributed by atoms with Gasteiger partial charge in [0.05, 0.1) is 23.9 Å². The van der Waals surface area contributed by atoms with Crippen molar-refractivity contribution >= 4 is 18.0 Å². The fourth-order valence-electron chi connectivity index (χ4n) is 2.50. The molecule has 1 unspecified atom stereocenters. The van der Waals surface area contributed by atoms with E-state index >= 15 is 0 Å². The van der Waals surface area contributed by atoms with Crippen LogP contribution in [0.2, 0.25) is 0 Å². The lowest BCUT2D eigenvalue weighted by atomic mass is 9.91. The molecule has 2 rings (SSSR count). The zero-order valence-electron chi connectivity index (χ0n) is 12.9. The summed E-state index contributed by atoms with van der Waals surface area (Å²) in [4.78, 5) is 16.7. The third kappa shape index (κ3) is 3.17. The second-order valence-electron chi connectivity index (χ2n) is 5.37. The second kappa shape index (κ2) is 6.70. The zero-order chi connectivity index (χ0) is 16.3. The molecule has 0 saturated carbocycles. The van der Waals surface area contributed by atoms with Gasteiger partial charge in [-0.15, -0.1) is 0 Å². The quantitative estimate of drug-likeness (QED) is 0.685. The maximum Gasteiger partial charge on any atom is 0.338 e. The number of halogens is 1. The van der Waals surface area contributed by atoms with E-state index in [9.17, 15) is 9.18 Å². The second-order valence-corrected chi connectivity index (χ2v) is 5.37. The summed E-state index contributed by atoms with van der Waals surface area (Å²) in [5.41, 5.74) is 1.52. The standard InChI is InChI=1S/C16H20FN3O2/c1-4-22-16(21)13-14(11-5-7-12(17)8-6-11)19-9-20(18)15(13)10(2)3/h5-10,15H,4,18H2,1-3H3. The average Bonchev–Trinajstić information content (AvgIpc) is 2.47. The first kappa shape index (κ1) is 16.2. The van der Waals surface area contributed by atoms with Crippen molar-refractivity contribution < 1.29 is 13.9 Å². The number of carbonyl (C=O) groups is 1. The van der Waals surface area contributed by atoms with Gasteiger partial charge < -0.3 is 4.74 Å². The van der Waals surface area contributed by atoms with Gasteiger partial charge in [-0.2, -0.15) is 0 Å². The third-order valence-electron chi connectivity index (χ3n) is 3.44. The van der Waals surface area contributed by atoms with Crippen molar-refractivity contribution in [2.24, 2.45) is 16.8 Å². The third-order valence-corrected chi connectivity index (χ3v) is 3.44. The molecule has 118 valence electrons. The number of hydrazine groups is 1. The number of aliphatic imine (C=N–C) groups is 1. The number of benzene rings is 1. The number of hydrogen-bond acceptors (Lipinski definition) is 5. The number of carbonyl (C=O) groups excluding carboxylic acids is 1. The fraction of sp³-hybridized carbons (Fsp3) is 0.375. The summed E-state index contributed by atoms with van der Waals surface area (Å²) in [6.07, 6.45) is 1.48. The Kier molecular flexibility index (Phi) is 4.92. The van der Waals surface area contributed by atoms with Crippen LogP contribution in [0.4, 0.5) is 4.39 Å². The van der Waals surface area contributed by atoms with Gasteiger partial charge in [-0.25, -0.2) is 20.0 Å². The Bertz CT molecular complexity index is 608. The van der Waals surface area contributed by atoms with Gasteiger partial charge in [0.2, 0.25) is 0 Å². The molecular weight excluding hydrogens is 285 g/mol. The van der Waals surface area contributed by atoms with Crippen molar-refractivity contribution in [3.63, 3.8) is 0 Å². The highest BCUT2D eigenvalue weighted by Gasteiger charge is 2.34. The van der Waals surface area contributed by atoms with Crippen LogP contribution >= 0.6 is 0 Å². The Labute approximate surface area is 129 Å². The molecule has 0 aromatic heterocycles. The van der Waals surface area contributed by atoms with Gasteiger partial charge in [0.25, 0.3) is 0 Å². The number of esters is 1. The number of ether oxygens (including phenoxy) is 1. The number of hydrogen-bond donors (Lipinski definition) is 1. The van der Waals surface area contributed by atoms with Gasteiger partial charge in [0, 0.05) is 5.56 Å². The van der Waals surface area contributed by atoms with E-state index < -0.39 is 5.97 Å². The van der Waals surface area contributed by atoms with E-state index in [0.717, 1.165) is 0 Å². The van der Waals surface area contributed by atoms with E-state index in [0.29, 0.717) is 16.8 Å². The van der Waals surface area contributed by atoms with Gasteiger partial charge in [0.15, 0.2) is 0 Å². The molecule has 0 radical (unpaired) electrons. The Hall–Kier alpha value is -2.21. The van der Waals surface area contributed by atoms with E-state index in [-0.39, 0.29) is 24.4 Å². The largest absolute Gasteiger partial charge is 0.463 e. The van der Waals surface area contributed by atoms with Gasteiger partial charge >= 0.3 is 5.97 Å². The van der Waals surface area contributed by atoms with Crippen molar-refractivity contribution in [2.45, 2.75) is 26.8 Å². The summed E-state index contributed by atoms with van der Waals surface area (Å²) in [5.74, 6) is 5.23. The van der Waals surface area contributed by atoms with Gasteiger partial charge in [-0.1, -0.05) is 13.8 Å². The average molecular weight is 305 g/mol. The minimum Gasteiger partial charge on any atom is -0.463 e. The monoisotopic (exact) mass is 305 g/mol. The SMILES string of the molecule is CCOC(=O)C1=C(c2ccc(F)cc2)N=CN(N)C1C(C)C. The number of nitrogens with two attached hydrogens (primary N) is 1. The van der Waals surface area contributed by atoms with E-state index in [2.05, 4.69) is 4.99 Å². The van der Waals surface area contributed by atoms with Crippen LogP contribution in [-0.2, 0) is 9.53 Å². The van der Waals surface area contributed by atoms with Crippen LogP contribution in [0.15, 0.2) is 34.8 Å². The molecule has 2 N–H and O–H groups in total. The maximum atomic E-state index is 13.1. The van der Waals surface area contributed by atoms with E-state index in [1.165, 1.54) is 23.5 Å². The topological polar surface area (TPSA) is 67.9 Å². The highest BCUT2D eigenvalue weighted by atomic mass is 19.1. The van der Waals surface area contributed by atoms with E-state index in [1.807, 2.05) is 13.8 Å². The Morgan fingerprint density at radius 1 is 1.41 bits per heavy atom. The highest BCUT2D eigenvalue weighted by molar-refractivity contribution is 6.01. The molecule has 1 atom stereocenters. The first-order chi connectivity index (χ1) is 10.5. The first-order valence-corrected chi connectivity index (χ1v) is 7.20. The van der Waals surface area contributed by atoms with Gasteiger partial charge in [-0.3, -0.25) is 5.01 Å². The Morgan fingerprint density at radius 3 is 2.59 bits per heavy atom. The molecule has 6 heteroatoms. The lowest BCUT2D eigenvalue weighted by Crippen LogP contribution is -2.48. The molecule has 1 aromatic carbocycles. The van der Waals surface area contributed by atoms with E-state index in [4.69, 9.17) is 10.6 Å². The van der Waals surface area contributed by atoms with Crippen molar-refractivity contribution in [3.8, 4) is 0 Å². The molecule has 0 bridgehead atoms. The van der Waals surface area contributed by atoms with Crippen molar-refractivity contribution in [3.05, 3.63) is 41.2 Å². The molecule has 5 nitrogen and oxygen atoms in total. The molecule has 22 heavy (non-hydrogen) atoms. The number of nitrogens with zero attached hydrogens (tertiary/aromatic N) is 2. The highest BCUT2D eigenvalue weighted by Crippen LogP contribution is 2.31. The van der Waals surface area contributed by atoms with E-state index in [1.54, 1.807) is 19.1 Å². The summed E-state index contributed by atoms with van der Waals surface area (Å²) in [6, 6.07) is 5.49. The minimum atomic E-state index is -0.451. The molecule has 1 aromatic rings. The summed E-state index contributed by atoms with van der Waals surface area (Å²) < 4.78 is 18.3. The summed E-state index contributed by atoms with van der Waals surface area (Å²) >= 11 is 0. The summed E-state index contributed by atoms with van der Waals surface area (Å²) in [6.45, 7) is 5.93. The molecule has 1 aliphatic rings. The Morgan fingerprint density at radius 2 is 2.05 bits per heavy atom. The number of rotatable bonds is 4. The molecule has 0 aliphatic carbocycles. The van der Waals surface area contributed by atoms with Crippen LogP contribution in [0.25, 0.3) is 5.70 Å². The minimum absolute atomic E-state index is 0.0756. The van der Waals surface area contributed by atoms with Gasteiger partial charge in [-0.05, 0) is 37.1 Å². The molecule has 0 saturated heterocycles.